The minimum atomic E-state index is -0.311. The van der Waals surface area contributed by atoms with Crippen LogP contribution in [0.4, 0.5) is 0 Å². The van der Waals surface area contributed by atoms with Gasteiger partial charge >= 0.3 is 0 Å². The molecule has 3 nitrogen and oxygen atoms in total. The number of nitrogens with one attached hydrogen (secondary N) is 1. The summed E-state index contributed by atoms with van der Waals surface area (Å²) in [5.41, 5.74) is 0. The van der Waals surface area contributed by atoms with E-state index in [1.54, 1.807) is 0 Å². The molecule has 3 heteroatoms. The molecule has 1 unspecified atom stereocenters. The first-order chi connectivity index (χ1) is 6.74. The highest BCUT2D eigenvalue weighted by Crippen LogP contribution is 2.02. The Morgan fingerprint density at radius 1 is 1.36 bits per heavy atom. The standard InChI is InChI=1S/C11H20N2O/c1-3-5-6-7-8-11(14)13-10(4-2)9-12/h10H,3-8H2,1-2H3,(H,13,14). The number of carbonyl (C=O) groups is 1. The summed E-state index contributed by atoms with van der Waals surface area (Å²) in [6, 6.07) is 1.74. The molecule has 0 bridgehead atoms. The van der Waals surface area contributed by atoms with E-state index in [-0.39, 0.29) is 11.9 Å². The highest BCUT2D eigenvalue weighted by Gasteiger charge is 2.07. The van der Waals surface area contributed by atoms with Crippen molar-refractivity contribution in [1.82, 2.24) is 5.32 Å². The Kier molecular flexibility index (Phi) is 7.92. The lowest BCUT2D eigenvalue weighted by molar-refractivity contribution is -0.121. The minimum Gasteiger partial charge on any atom is -0.340 e. The molecule has 1 amide bonds. The average molecular weight is 196 g/mol. The van der Waals surface area contributed by atoms with Gasteiger partial charge in [-0.3, -0.25) is 4.79 Å². The van der Waals surface area contributed by atoms with Gasteiger partial charge in [0.2, 0.25) is 5.91 Å². The van der Waals surface area contributed by atoms with Crippen molar-refractivity contribution < 1.29 is 4.79 Å². The maximum atomic E-state index is 11.3. The summed E-state index contributed by atoms with van der Waals surface area (Å²) in [7, 11) is 0. The van der Waals surface area contributed by atoms with Crippen molar-refractivity contribution in [2.24, 2.45) is 0 Å². The molecule has 0 aromatic rings. The van der Waals surface area contributed by atoms with Crippen LogP contribution in [-0.2, 0) is 4.79 Å². The number of hydrogen-bond acceptors (Lipinski definition) is 2. The molecular weight excluding hydrogens is 176 g/mol. The summed E-state index contributed by atoms with van der Waals surface area (Å²) in [6.07, 6.45) is 5.63. The summed E-state index contributed by atoms with van der Waals surface area (Å²) in [5.74, 6) is 0.00880. The van der Waals surface area contributed by atoms with Crippen LogP contribution in [0.2, 0.25) is 0 Å². The summed E-state index contributed by atoms with van der Waals surface area (Å²) in [4.78, 5) is 11.3. The third-order valence-corrected chi connectivity index (χ3v) is 2.16. The minimum absolute atomic E-state index is 0.00880. The van der Waals surface area contributed by atoms with Gasteiger partial charge in [-0.1, -0.05) is 33.1 Å². The number of nitriles is 1. The SMILES string of the molecule is CCCCCCC(=O)NC(C#N)CC. The Bertz CT molecular complexity index is 196. The van der Waals surface area contributed by atoms with E-state index < -0.39 is 0 Å². The van der Waals surface area contributed by atoms with Crippen molar-refractivity contribution in [3.63, 3.8) is 0 Å². The molecule has 1 atom stereocenters. The van der Waals surface area contributed by atoms with Crippen LogP contribution in [0.3, 0.4) is 0 Å². The molecule has 80 valence electrons. The third kappa shape index (κ3) is 6.47. The third-order valence-electron chi connectivity index (χ3n) is 2.16. The zero-order valence-electron chi connectivity index (χ0n) is 9.18. The molecular formula is C11H20N2O. The molecule has 0 rings (SSSR count). The Balaban J connectivity index is 3.50. The molecule has 0 aromatic carbocycles. The quantitative estimate of drug-likeness (QED) is 0.635. The molecule has 0 aliphatic carbocycles. The number of nitrogens with zero attached hydrogens (tertiary/aromatic N) is 1. The second-order valence-electron chi connectivity index (χ2n) is 3.47. The first-order valence-corrected chi connectivity index (χ1v) is 5.43. The largest absolute Gasteiger partial charge is 0.340 e. The molecule has 0 saturated heterocycles. The van der Waals surface area contributed by atoms with Gasteiger partial charge in [0, 0.05) is 6.42 Å². The van der Waals surface area contributed by atoms with Gasteiger partial charge in [-0.15, -0.1) is 0 Å². The van der Waals surface area contributed by atoms with Crippen LogP contribution >= 0.6 is 0 Å². The van der Waals surface area contributed by atoms with Gasteiger partial charge in [0.15, 0.2) is 0 Å². The van der Waals surface area contributed by atoms with E-state index in [4.69, 9.17) is 5.26 Å². The second kappa shape index (κ2) is 8.55. The van der Waals surface area contributed by atoms with E-state index in [1.807, 2.05) is 6.92 Å². The van der Waals surface area contributed by atoms with Crippen LogP contribution in [0.15, 0.2) is 0 Å². The Labute approximate surface area is 86.5 Å². The van der Waals surface area contributed by atoms with Gasteiger partial charge in [0.1, 0.15) is 6.04 Å². The van der Waals surface area contributed by atoms with Crippen LogP contribution in [0.25, 0.3) is 0 Å². The number of unbranched alkanes of at least 4 members (excludes halogenated alkanes) is 3. The highest BCUT2D eigenvalue weighted by atomic mass is 16.1. The van der Waals surface area contributed by atoms with Crippen LogP contribution in [0.1, 0.15) is 52.4 Å². The van der Waals surface area contributed by atoms with Crippen molar-refractivity contribution in [2.75, 3.05) is 0 Å². The van der Waals surface area contributed by atoms with E-state index in [0.717, 1.165) is 12.8 Å². The Morgan fingerprint density at radius 3 is 2.57 bits per heavy atom. The van der Waals surface area contributed by atoms with Crippen molar-refractivity contribution >= 4 is 5.91 Å². The van der Waals surface area contributed by atoms with Gasteiger partial charge in [0.05, 0.1) is 6.07 Å². The van der Waals surface area contributed by atoms with Gasteiger partial charge in [-0.25, -0.2) is 0 Å². The molecule has 1 N–H and O–H groups in total. The van der Waals surface area contributed by atoms with Crippen molar-refractivity contribution in [2.45, 2.75) is 58.4 Å². The van der Waals surface area contributed by atoms with Crippen molar-refractivity contribution in [3.05, 3.63) is 0 Å². The molecule has 0 radical (unpaired) electrons. The fraction of sp³-hybridized carbons (Fsp3) is 0.818. The monoisotopic (exact) mass is 196 g/mol. The molecule has 0 fully saturated rings. The Morgan fingerprint density at radius 2 is 2.07 bits per heavy atom. The fourth-order valence-corrected chi connectivity index (χ4v) is 1.20. The van der Waals surface area contributed by atoms with Crippen LogP contribution < -0.4 is 5.32 Å². The molecule has 14 heavy (non-hydrogen) atoms. The van der Waals surface area contributed by atoms with E-state index in [1.165, 1.54) is 12.8 Å². The van der Waals surface area contributed by atoms with Crippen molar-refractivity contribution in [1.29, 1.82) is 5.26 Å². The van der Waals surface area contributed by atoms with Crippen LogP contribution in [0.5, 0.6) is 0 Å². The molecule has 0 heterocycles. The molecule has 0 aliphatic heterocycles. The summed E-state index contributed by atoms with van der Waals surface area (Å²) >= 11 is 0. The van der Waals surface area contributed by atoms with Gasteiger partial charge in [-0.2, -0.15) is 5.26 Å². The molecule has 0 saturated carbocycles. The van der Waals surface area contributed by atoms with Gasteiger partial charge in [-0.05, 0) is 12.8 Å². The average Bonchev–Trinajstić information content (AvgIpc) is 2.21. The van der Waals surface area contributed by atoms with Crippen LogP contribution in [0, 0.1) is 11.3 Å². The first-order valence-electron chi connectivity index (χ1n) is 5.43. The van der Waals surface area contributed by atoms with Gasteiger partial charge in [0.25, 0.3) is 0 Å². The molecule has 0 spiro atoms. The normalized spacial score (nSPS) is 11.8. The summed E-state index contributed by atoms with van der Waals surface area (Å²) in [5, 5.41) is 11.3. The molecule has 0 aliphatic rings. The van der Waals surface area contributed by atoms with E-state index in [2.05, 4.69) is 18.3 Å². The van der Waals surface area contributed by atoms with E-state index >= 15 is 0 Å². The maximum Gasteiger partial charge on any atom is 0.221 e. The number of rotatable bonds is 7. The Hall–Kier alpha value is -1.04. The predicted octanol–water partition coefficient (Wildman–Crippen LogP) is 2.38. The second-order valence-corrected chi connectivity index (χ2v) is 3.47. The maximum absolute atomic E-state index is 11.3. The number of carbonyl (C=O) groups excluding carboxylic acids is 1. The first kappa shape index (κ1) is 13.0. The van der Waals surface area contributed by atoms with E-state index in [9.17, 15) is 4.79 Å². The zero-order chi connectivity index (χ0) is 10.8. The smallest absolute Gasteiger partial charge is 0.221 e. The number of hydrogen-bond donors (Lipinski definition) is 1. The van der Waals surface area contributed by atoms with Gasteiger partial charge < -0.3 is 5.32 Å². The lowest BCUT2D eigenvalue weighted by Gasteiger charge is -2.08. The summed E-state index contributed by atoms with van der Waals surface area (Å²) < 4.78 is 0. The van der Waals surface area contributed by atoms with Crippen LogP contribution in [-0.4, -0.2) is 11.9 Å². The predicted molar refractivity (Wildman–Crippen MR) is 56.6 cm³/mol. The fourth-order valence-electron chi connectivity index (χ4n) is 1.20. The highest BCUT2D eigenvalue weighted by molar-refractivity contribution is 5.76. The topological polar surface area (TPSA) is 52.9 Å². The van der Waals surface area contributed by atoms with E-state index in [0.29, 0.717) is 12.8 Å². The zero-order valence-corrected chi connectivity index (χ0v) is 9.18. The number of amides is 1. The van der Waals surface area contributed by atoms with Crippen molar-refractivity contribution in [3.8, 4) is 6.07 Å². The molecule has 0 aromatic heterocycles. The summed E-state index contributed by atoms with van der Waals surface area (Å²) in [6.45, 7) is 4.04. The lowest BCUT2D eigenvalue weighted by atomic mass is 10.1. The lowest BCUT2D eigenvalue weighted by Crippen LogP contribution is -2.32.